The van der Waals surface area contributed by atoms with Gasteiger partial charge in [0.2, 0.25) is 5.88 Å². The quantitative estimate of drug-likeness (QED) is 0.612. The van der Waals surface area contributed by atoms with Crippen LogP contribution in [0.4, 0.5) is 5.82 Å². The van der Waals surface area contributed by atoms with E-state index < -0.39 is 5.91 Å². The van der Waals surface area contributed by atoms with E-state index in [9.17, 15) is 9.90 Å². The van der Waals surface area contributed by atoms with Gasteiger partial charge in [0.15, 0.2) is 5.65 Å². The number of nitrogens with zero attached hydrogens (tertiary/aromatic N) is 2. The average Bonchev–Trinajstić information content (AvgIpc) is 3.32. The van der Waals surface area contributed by atoms with E-state index in [0.29, 0.717) is 34.8 Å². The summed E-state index contributed by atoms with van der Waals surface area (Å²) in [7, 11) is 0. The second kappa shape index (κ2) is 6.40. The topological polar surface area (TPSA) is 116 Å². The molecule has 0 saturated heterocycles. The number of rotatable bonds is 5. The van der Waals surface area contributed by atoms with Crippen LogP contribution < -0.4 is 16.2 Å². The van der Waals surface area contributed by atoms with Gasteiger partial charge in [0.25, 0.3) is 5.91 Å². The predicted octanol–water partition coefficient (Wildman–Crippen LogP) is 3.52. The number of pyridine rings is 1. The first kappa shape index (κ1) is 19.1. The van der Waals surface area contributed by atoms with Gasteiger partial charge in [-0.2, -0.15) is 4.98 Å². The number of aromatic nitrogens is 2. The third kappa shape index (κ3) is 3.06. The van der Waals surface area contributed by atoms with Gasteiger partial charge in [0, 0.05) is 21.9 Å². The van der Waals surface area contributed by atoms with Gasteiger partial charge in [-0.3, -0.25) is 9.36 Å². The first-order valence-electron chi connectivity index (χ1n) is 9.66. The largest absolute Gasteiger partial charge is 0.508 e. The molecule has 7 heteroatoms. The number of anilines is 1. The highest BCUT2D eigenvalue weighted by Gasteiger charge is 2.38. The lowest BCUT2D eigenvalue weighted by atomic mass is 10.1. The van der Waals surface area contributed by atoms with Crippen LogP contribution >= 0.6 is 0 Å². The molecule has 3 aromatic rings. The minimum atomic E-state index is -0.623. The number of fused-ring (bicyclic) bond motifs is 1. The van der Waals surface area contributed by atoms with Crippen molar-refractivity contribution in [3.05, 3.63) is 40.5 Å². The molecule has 4 rings (SSSR count). The second-order valence-corrected chi connectivity index (χ2v) is 8.42. The number of phenolic OH excluding ortho intramolecular Hbond substituents is 1. The predicted molar refractivity (Wildman–Crippen MR) is 113 cm³/mol. The number of primary amides is 1. The van der Waals surface area contributed by atoms with Crippen LogP contribution in [-0.2, 0) is 0 Å². The van der Waals surface area contributed by atoms with Crippen LogP contribution in [0, 0.1) is 26.2 Å². The number of phenols is 1. The fraction of sp³-hybridized carbons (Fsp3) is 0.364. The van der Waals surface area contributed by atoms with Gasteiger partial charge in [0.05, 0.1) is 17.9 Å². The Labute approximate surface area is 169 Å². The van der Waals surface area contributed by atoms with Crippen molar-refractivity contribution in [2.24, 2.45) is 11.1 Å². The Bertz CT molecular complexity index is 1160. The monoisotopic (exact) mass is 394 g/mol. The van der Waals surface area contributed by atoms with Crippen LogP contribution in [0.1, 0.15) is 46.8 Å². The van der Waals surface area contributed by atoms with Crippen LogP contribution in [-0.4, -0.2) is 27.2 Å². The van der Waals surface area contributed by atoms with E-state index >= 15 is 0 Å². The van der Waals surface area contributed by atoms with Crippen LogP contribution in [0.25, 0.3) is 16.7 Å². The summed E-state index contributed by atoms with van der Waals surface area (Å²) >= 11 is 0. The zero-order chi connectivity index (χ0) is 21.1. The van der Waals surface area contributed by atoms with Crippen molar-refractivity contribution < 1.29 is 14.6 Å². The number of ether oxygens (including phenoxy) is 1. The van der Waals surface area contributed by atoms with Crippen molar-refractivity contribution in [3.8, 4) is 17.3 Å². The van der Waals surface area contributed by atoms with Gasteiger partial charge in [-0.15, -0.1) is 0 Å². The first-order chi connectivity index (χ1) is 13.6. The fourth-order valence-corrected chi connectivity index (χ4v) is 3.71. The zero-order valence-corrected chi connectivity index (χ0v) is 17.2. The molecule has 1 aromatic carbocycles. The third-order valence-corrected chi connectivity index (χ3v) is 5.86. The lowest BCUT2D eigenvalue weighted by molar-refractivity contribution is 0.100. The smallest absolute Gasteiger partial charge is 0.253 e. The number of carbonyl (C=O) groups excluding carboxylic acids is 1. The summed E-state index contributed by atoms with van der Waals surface area (Å²) in [6, 6.07) is 5.27. The summed E-state index contributed by atoms with van der Waals surface area (Å²) < 4.78 is 7.71. The highest BCUT2D eigenvalue weighted by atomic mass is 16.5. The second-order valence-electron chi connectivity index (χ2n) is 8.42. The Hall–Kier alpha value is -3.22. The molecule has 152 valence electrons. The Morgan fingerprint density at radius 1 is 1.28 bits per heavy atom. The molecule has 2 aromatic heterocycles. The van der Waals surface area contributed by atoms with Crippen LogP contribution in [0.15, 0.2) is 18.2 Å². The molecule has 1 aliphatic carbocycles. The van der Waals surface area contributed by atoms with Gasteiger partial charge < -0.3 is 21.3 Å². The van der Waals surface area contributed by atoms with E-state index in [4.69, 9.17) is 21.2 Å². The number of aryl methyl sites for hydroxylation is 2. The number of hydrogen-bond donors (Lipinski definition) is 3. The molecule has 1 aliphatic rings. The number of nitrogens with two attached hydrogens (primary N) is 2. The van der Waals surface area contributed by atoms with E-state index in [-0.39, 0.29) is 22.5 Å². The molecule has 0 spiro atoms. The van der Waals surface area contributed by atoms with Crippen LogP contribution in [0.3, 0.4) is 0 Å². The molecule has 0 unspecified atom stereocenters. The van der Waals surface area contributed by atoms with Crippen molar-refractivity contribution in [1.82, 2.24) is 9.55 Å². The van der Waals surface area contributed by atoms with Crippen LogP contribution in [0.5, 0.6) is 11.6 Å². The molecular formula is C22H26N4O3. The van der Waals surface area contributed by atoms with Crippen molar-refractivity contribution in [1.29, 1.82) is 0 Å². The van der Waals surface area contributed by atoms with Gasteiger partial charge in [-0.05, 0) is 51.3 Å². The van der Waals surface area contributed by atoms with E-state index in [1.54, 1.807) is 23.6 Å². The number of nitrogen functional groups attached to an aromatic ring is 1. The molecular weight excluding hydrogens is 368 g/mol. The summed E-state index contributed by atoms with van der Waals surface area (Å²) in [6.45, 7) is 8.38. The normalized spacial score (nSPS) is 14.9. The van der Waals surface area contributed by atoms with E-state index in [1.165, 1.54) is 0 Å². The molecule has 0 aliphatic heterocycles. The van der Waals surface area contributed by atoms with E-state index in [0.717, 1.165) is 24.0 Å². The molecule has 5 N–H and O–H groups in total. The first-order valence-corrected chi connectivity index (χ1v) is 9.66. The summed E-state index contributed by atoms with van der Waals surface area (Å²) in [5.74, 6) is 0.221. The fourth-order valence-electron chi connectivity index (χ4n) is 3.71. The SMILES string of the molecule is Cc1cc2c(C(N)=O)c(N)n(-c3c(C)ccc(O)c3C)c2nc1OCC1(C)CC1. The Morgan fingerprint density at radius 2 is 1.97 bits per heavy atom. The molecule has 2 heterocycles. The van der Waals surface area contributed by atoms with Crippen molar-refractivity contribution in [2.45, 2.75) is 40.5 Å². The lowest BCUT2D eigenvalue weighted by Gasteiger charge is -2.16. The Kier molecular flexibility index (Phi) is 4.22. The van der Waals surface area contributed by atoms with Crippen molar-refractivity contribution in [2.75, 3.05) is 12.3 Å². The van der Waals surface area contributed by atoms with Gasteiger partial charge in [0.1, 0.15) is 11.6 Å². The molecule has 7 nitrogen and oxygen atoms in total. The van der Waals surface area contributed by atoms with E-state index in [2.05, 4.69) is 6.92 Å². The van der Waals surface area contributed by atoms with Gasteiger partial charge in [-0.1, -0.05) is 13.0 Å². The number of hydrogen-bond acceptors (Lipinski definition) is 5. The maximum Gasteiger partial charge on any atom is 0.253 e. The lowest BCUT2D eigenvalue weighted by Crippen LogP contribution is -2.14. The maximum atomic E-state index is 12.2. The van der Waals surface area contributed by atoms with Crippen molar-refractivity contribution >= 4 is 22.8 Å². The number of aromatic hydroxyl groups is 1. The zero-order valence-electron chi connectivity index (χ0n) is 17.2. The summed E-state index contributed by atoms with van der Waals surface area (Å²) in [4.78, 5) is 16.9. The minimum absolute atomic E-state index is 0.137. The third-order valence-electron chi connectivity index (χ3n) is 5.86. The maximum absolute atomic E-state index is 12.2. The Morgan fingerprint density at radius 3 is 2.59 bits per heavy atom. The molecule has 0 atom stereocenters. The minimum Gasteiger partial charge on any atom is -0.508 e. The molecule has 1 saturated carbocycles. The number of amides is 1. The molecule has 1 amide bonds. The van der Waals surface area contributed by atoms with Gasteiger partial charge >= 0.3 is 0 Å². The summed E-state index contributed by atoms with van der Waals surface area (Å²) in [5, 5.41) is 10.8. The van der Waals surface area contributed by atoms with Crippen molar-refractivity contribution in [3.63, 3.8) is 0 Å². The molecule has 0 bridgehead atoms. The average molecular weight is 394 g/mol. The van der Waals surface area contributed by atoms with Crippen LogP contribution in [0.2, 0.25) is 0 Å². The Balaban J connectivity index is 1.99. The molecule has 0 radical (unpaired) electrons. The highest BCUT2D eigenvalue weighted by Crippen LogP contribution is 2.45. The number of carbonyl (C=O) groups is 1. The summed E-state index contributed by atoms with van der Waals surface area (Å²) in [6.07, 6.45) is 2.29. The van der Waals surface area contributed by atoms with E-state index in [1.807, 2.05) is 19.9 Å². The highest BCUT2D eigenvalue weighted by molar-refractivity contribution is 6.11. The molecule has 29 heavy (non-hydrogen) atoms. The standard InChI is InChI=1S/C22H26N4O3/c1-11-5-6-15(27)13(3)17(11)26-18(23)16(19(24)28)14-9-12(2)21(25-20(14)26)29-10-22(4)7-8-22/h5-6,9,27H,7-8,10,23H2,1-4H3,(H2,24,28). The molecule has 1 fully saturated rings. The number of benzene rings is 1. The summed E-state index contributed by atoms with van der Waals surface area (Å²) in [5.41, 5.74) is 16.0. The van der Waals surface area contributed by atoms with Gasteiger partial charge in [-0.25, -0.2) is 0 Å².